The van der Waals surface area contributed by atoms with Gasteiger partial charge in [-0.05, 0) is 42.7 Å². The van der Waals surface area contributed by atoms with Gasteiger partial charge in [0, 0.05) is 30.1 Å². The number of aromatic amines is 1. The number of benzene rings is 1. The Labute approximate surface area is 262 Å². The van der Waals surface area contributed by atoms with E-state index in [1.165, 1.54) is 12.0 Å². The van der Waals surface area contributed by atoms with Crippen LogP contribution in [-0.2, 0) is 39.9 Å². The highest BCUT2D eigenvalue weighted by molar-refractivity contribution is 5.99. The summed E-state index contributed by atoms with van der Waals surface area (Å²) in [4.78, 5) is 85.6. The third-order valence-corrected chi connectivity index (χ3v) is 8.37. The van der Waals surface area contributed by atoms with Gasteiger partial charge in [0.15, 0.2) is 0 Å². The zero-order valence-corrected chi connectivity index (χ0v) is 26.5. The number of hydrogen-bond donors (Lipinski definition) is 5. The predicted octanol–water partition coefficient (Wildman–Crippen LogP) is 0.919. The monoisotopic (exact) mass is 624 g/mol. The maximum Gasteiger partial charge on any atom is 0.308 e. The summed E-state index contributed by atoms with van der Waals surface area (Å²) < 4.78 is 4.82. The molecule has 0 saturated carbocycles. The van der Waals surface area contributed by atoms with E-state index >= 15 is 0 Å². The zero-order chi connectivity index (χ0) is 32.8. The van der Waals surface area contributed by atoms with Gasteiger partial charge in [-0.1, -0.05) is 45.9 Å². The molecule has 5 atom stereocenters. The highest BCUT2D eigenvalue weighted by Crippen LogP contribution is 2.22. The van der Waals surface area contributed by atoms with Crippen LogP contribution in [0, 0.1) is 11.8 Å². The first-order valence-electron chi connectivity index (χ1n) is 15.5. The van der Waals surface area contributed by atoms with E-state index in [9.17, 15) is 28.8 Å². The third-order valence-electron chi connectivity index (χ3n) is 8.37. The van der Waals surface area contributed by atoms with Crippen LogP contribution < -0.4 is 21.3 Å². The molecule has 5 N–H and O–H groups in total. The summed E-state index contributed by atoms with van der Waals surface area (Å²) in [6, 6.07) is 2.11. The van der Waals surface area contributed by atoms with Crippen molar-refractivity contribution in [3.05, 3.63) is 36.0 Å². The van der Waals surface area contributed by atoms with Gasteiger partial charge in [-0.25, -0.2) is 0 Å². The minimum absolute atomic E-state index is 0.00484. The second kappa shape index (κ2) is 14.6. The first-order chi connectivity index (χ1) is 21.4. The van der Waals surface area contributed by atoms with Crippen LogP contribution in [0.5, 0.6) is 0 Å². The largest absolute Gasteiger partial charge is 0.469 e. The SMILES string of the molecule is COC(=O)C[C@@H]1NC(=O)[C@H](Cc2c[nH]c3ccccc23)NC(=O)[C@@H](CC(C)C)NC(=O)[C@H](C(C)C)NC(=O)[C@H]2CCCN2C1=O. The molecule has 1 aromatic carbocycles. The normalized spacial score (nSPS) is 25.3. The summed E-state index contributed by atoms with van der Waals surface area (Å²) in [6.45, 7) is 7.60. The fourth-order valence-electron chi connectivity index (χ4n) is 5.98. The molecule has 244 valence electrons. The van der Waals surface area contributed by atoms with Gasteiger partial charge in [0.05, 0.1) is 13.5 Å². The van der Waals surface area contributed by atoms with Gasteiger partial charge in [-0.2, -0.15) is 0 Å². The smallest absolute Gasteiger partial charge is 0.308 e. The average molecular weight is 625 g/mol. The Hall–Kier alpha value is -4.42. The van der Waals surface area contributed by atoms with Gasteiger partial charge in [-0.3, -0.25) is 28.8 Å². The van der Waals surface area contributed by atoms with Gasteiger partial charge in [-0.15, -0.1) is 0 Å². The van der Waals surface area contributed by atoms with Crippen LogP contribution in [0.4, 0.5) is 0 Å². The first kappa shape index (κ1) is 33.5. The lowest BCUT2D eigenvalue weighted by Crippen LogP contribution is -2.59. The molecule has 3 heterocycles. The molecule has 2 aliphatic heterocycles. The number of hydrogen-bond acceptors (Lipinski definition) is 7. The van der Waals surface area contributed by atoms with E-state index in [2.05, 4.69) is 26.3 Å². The molecule has 13 heteroatoms. The molecule has 2 aliphatic rings. The van der Waals surface area contributed by atoms with E-state index in [0.717, 1.165) is 16.5 Å². The van der Waals surface area contributed by atoms with Crippen molar-refractivity contribution in [2.75, 3.05) is 13.7 Å². The molecule has 5 amide bonds. The van der Waals surface area contributed by atoms with Crippen LogP contribution >= 0.6 is 0 Å². The van der Waals surface area contributed by atoms with Gasteiger partial charge >= 0.3 is 5.97 Å². The number of nitrogens with zero attached hydrogens (tertiary/aromatic N) is 1. The van der Waals surface area contributed by atoms with Crippen molar-refractivity contribution >= 4 is 46.4 Å². The lowest BCUT2D eigenvalue weighted by atomic mass is 9.98. The van der Waals surface area contributed by atoms with Crippen LogP contribution in [0.3, 0.4) is 0 Å². The topological polar surface area (TPSA) is 179 Å². The number of amides is 5. The van der Waals surface area contributed by atoms with Crippen LogP contribution in [-0.4, -0.2) is 89.3 Å². The van der Waals surface area contributed by atoms with E-state index in [-0.39, 0.29) is 31.2 Å². The van der Waals surface area contributed by atoms with Crippen molar-refractivity contribution in [2.24, 2.45) is 11.8 Å². The maximum absolute atomic E-state index is 14.0. The van der Waals surface area contributed by atoms with Gasteiger partial charge in [0.2, 0.25) is 29.5 Å². The van der Waals surface area contributed by atoms with Gasteiger partial charge in [0.25, 0.3) is 0 Å². The second-order valence-corrected chi connectivity index (χ2v) is 12.6. The molecule has 0 spiro atoms. The summed E-state index contributed by atoms with van der Waals surface area (Å²) in [5, 5.41) is 11.9. The fraction of sp³-hybridized carbons (Fsp3) is 0.562. The first-order valence-corrected chi connectivity index (χ1v) is 15.5. The summed E-state index contributed by atoms with van der Waals surface area (Å²) in [7, 11) is 1.18. The number of para-hydroxylation sites is 1. The molecule has 2 aromatic rings. The Kier molecular flexibility index (Phi) is 10.8. The lowest BCUT2D eigenvalue weighted by Gasteiger charge is -2.30. The van der Waals surface area contributed by atoms with Crippen molar-refractivity contribution in [3.8, 4) is 0 Å². The summed E-state index contributed by atoms with van der Waals surface area (Å²) in [5.41, 5.74) is 1.59. The molecule has 1 aromatic heterocycles. The highest BCUT2D eigenvalue weighted by Gasteiger charge is 2.41. The van der Waals surface area contributed by atoms with E-state index in [0.29, 0.717) is 12.8 Å². The number of ether oxygens (including phenoxy) is 1. The van der Waals surface area contributed by atoms with Crippen molar-refractivity contribution < 1.29 is 33.5 Å². The number of esters is 1. The minimum atomic E-state index is -1.35. The Morgan fingerprint density at radius 2 is 1.56 bits per heavy atom. The number of fused-ring (bicyclic) bond motifs is 2. The summed E-state index contributed by atoms with van der Waals surface area (Å²) in [5.74, 6) is -4.01. The van der Waals surface area contributed by atoms with Crippen LogP contribution in [0.15, 0.2) is 30.5 Å². The molecular formula is C32H44N6O7. The number of carbonyl (C=O) groups excluding carboxylic acids is 6. The number of methoxy groups -OCH3 is 1. The standard InChI is InChI=1S/C32H44N6O7/c1-17(2)13-22-28(40)34-23(14-19-16-33-21-10-7-6-9-20(19)21)29(41)36-24(15-26(39)45-5)32(44)38-12-8-11-25(38)30(42)37-27(18(3)4)31(43)35-22/h6-7,9-10,16-18,22-25,27,33H,8,11-15H2,1-5H3,(H,34,40)(H,35,43)(H,36,41)(H,37,42)/t22-,23+,24+,25-,27+/m1/s1. The van der Waals surface area contributed by atoms with E-state index < -0.39 is 72.1 Å². The van der Waals surface area contributed by atoms with Crippen LogP contribution in [0.1, 0.15) is 58.9 Å². The molecule has 2 fully saturated rings. The molecule has 4 rings (SSSR count). The van der Waals surface area contributed by atoms with Crippen molar-refractivity contribution in [1.29, 1.82) is 0 Å². The number of rotatable bonds is 7. The number of H-pyrrole nitrogens is 1. The maximum atomic E-state index is 14.0. The number of aromatic nitrogens is 1. The van der Waals surface area contributed by atoms with E-state index in [4.69, 9.17) is 4.74 Å². The molecule has 0 radical (unpaired) electrons. The molecule has 13 nitrogen and oxygen atoms in total. The quantitative estimate of drug-likeness (QED) is 0.284. The molecule has 0 aliphatic carbocycles. The molecule has 0 bridgehead atoms. The average Bonchev–Trinajstić information content (AvgIpc) is 3.65. The second-order valence-electron chi connectivity index (χ2n) is 12.6. The van der Waals surface area contributed by atoms with Crippen molar-refractivity contribution in [2.45, 2.75) is 90.0 Å². The fourth-order valence-corrected chi connectivity index (χ4v) is 5.98. The van der Waals surface area contributed by atoms with E-state index in [1.54, 1.807) is 20.0 Å². The molecule has 0 unspecified atom stereocenters. The molecule has 2 saturated heterocycles. The Morgan fingerprint density at radius 3 is 2.24 bits per heavy atom. The summed E-state index contributed by atoms with van der Waals surface area (Å²) in [6.07, 6.45) is 2.49. The molecular weight excluding hydrogens is 580 g/mol. The van der Waals surface area contributed by atoms with Crippen molar-refractivity contribution in [3.63, 3.8) is 0 Å². The zero-order valence-electron chi connectivity index (χ0n) is 26.5. The van der Waals surface area contributed by atoms with Gasteiger partial charge < -0.3 is 35.9 Å². The Bertz CT molecular complexity index is 1440. The lowest BCUT2D eigenvalue weighted by molar-refractivity contribution is -0.147. The van der Waals surface area contributed by atoms with Gasteiger partial charge in [0.1, 0.15) is 30.2 Å². The highest BCUT2D eigenvalue weighted by atomic mass is 16.5. The predicted molar refractivity (Wildman–Crippen MR) is 165 cm³/mol. The van der Waals surface area contributed by atoms with E-state index in [1.807, 2.05) is 38.1 Å². The van der Waals surface area contributed by atoms with Crippen LogP contribution in [0.25, 0.3) is 10.9 Å². The molecule has 45 heavy (non-hydrogen) atoms. The summed E-state index contributed by atoms with van der Waals surface area (Å²) >= 11 is 0. The Balaban J connectivity index is 1.77. The van der Waals surface area contributed by atoms with Crippen molar-refractivity contribution in [1.82, 2.24) is 31.2 Å². The number of carbonyl (C=O) groups is 6. The number of nitrogens with one attached hydrogen (secondary N) is 5. The third kappa shape index (κ3) is 8.00. The van der Waals surface area contributed by atoms with Crippen LogP contribution in [0.2, 0.25) is 0 Å². The minimum Gasteiger partial charge on any atom is -0.469 e. The Morgan fingerprint density at radius 1 is 0.889 bits per heavy atom.